The van der Waals surface area contributed by atoms with Crippen molar-refractivity contribution >= 4 is 56.5 Å². The zero-order valence-electron chi connectivity index (χ0n) is 21.9. The van der Waals surface area contributed by atoms with Crippen LogP contribution in [0.5, 0.6) is 17.2 Å². The number of aromatic amines is 1. The Labute approximate surface area is 249 Å². The fourth-order valence-electron chi connectivity index (χ4n) is 4.30. The summed E-state index contributed by atoms with van der Waals surface area (Å²) in [7, 11) is 2.90. The number of methoxy groups -OCH3 is 2. The molecule has 0 radical (unpaired) electrons. The third-order valence-electron chi connectivity index (χ3n) is 6.20. The Morgan fingerprint density at radius 1 is 0.902 bits per heavy atom. The normalized spacial score (nSPS) is 11.0. The van der Waals surface area contributed by atoms with Crippen LogP contribution < -0.4 is 19.6 Å². The summed E-state index contributed by atoms with van der Waals surface area (Å²) in [5.41, 5.74) is 6.26. The number of rotatable bonds is 8. The molecule has 10 heteroatoms. The van der Waals surface area contributed by atoms with Gasteiger partial charge in [-0.3, -0.25) is 4.79 Å². The van der Waals surface area contributed by atoms with Crippen LogP contribution in [0.3, 0.4) is 0 Å². The maximum Gasteiger partial charge on any atom is 0.347 e. The topological polar surface area (TPSA) is 102 Å². The van der Waals surface area contributed by atoms with E-state index in [9.17, 15) is 9.59 Å². The second-order valence-corrected chi connectivity index (χ2v) is 10.1. The number of fused-ring (bicyclic) bond motifs is 1. The molecule has 0 saturated heterocycles. The molecule has 8 nitrogen and oxygen atoms in total. The van der Waals surface area contributed by atoms with E-state index < -0.39 is 11.9 Å². The molecular weight excluding hydrogens is 610 g/mol. The number of ether oxygens (including phenoxy) is 3. The van der Waals surface area contributed by atoms with Crippen LogP contribution in [-0.4, -0.2) is 37.3 Å². The highest BCUT2D eigenvalue weighted by atomic mass is 79.9. The number of hydrazone groups is 1. The Morgan fingerprint density at radius 2 is 1.66 bits per heavy atom. The van der Waals surface area contributed by atoms with Crippen LogP contribution in [-0.2, 0) is 0 Å². The Kier molecular flexibility index (Phi) is 8.37. The van der Waals surface area contributed by atoms with E-state index in [0.29, 0.717) is 27.8 Å². The van der Waals surface area contributed by atoms with Crippen LogP contribution >= 0.6 is 27.5 Å². The number of nitrogens with zero attached hydrogens (tertiary/aromatic N) is 1. The number of benzene rings is 4. The predicted molar refractivity (Wildman–Crippen MR) is 162 cm³/mol. The van der Waals surface area contributed by atoms with E-state index in [4.69, 9.17) is 25.8 Å². The minimum absolute atomic E-state index is 0.176. The third kappa shape index (κ3) is 6.11. The fraction of sp³-hybridized carbons (Fsp3) is 0.0645. The maximum absolute atomic E-state index is 13.2. The molecule has 1 amide bonds. The minimum Gasteiger partial charge on any atom is -0.496 e. The number of halogens is 2. The third-order valence-corrected chi connectivity index (χ3v) is 6.93. The second kappa shape index (κ2) is 12.3. The number of carbonyl (C=O) groups is 2. The molecule has 2 N–H and O–H groups in total. The number of hydrogen-bond acceptors (Lipinski definition) is 6. The molecule has 0 spiro atoms. The Morgan fingerprint density at radius 3 is 2.41 bits per heavy atom. The molecule has 0 atom stereocenters. The highest BCUT2D eigenvalue weighted by Crippen LogP contribution is 2.34. The van der Waals surface area contributed by atoms with Crippen LogP contribution in [0.1, 0.15) is 26.4 Å². The zero-order chi connectivity index (χ0) is 28.9. The summed E-state index contributed by atoms with van der Waals surface area (Å²) in [5, 5.41) is 5.42. The van der Waals surface area contributed by atoms with E-state index in [0.717, 1.165) is 26.5 Å². The van der Waals surface area contributed by atoms with Gasteiger partial charge < -0.3 is 19.2 Å². The van der Waals surface area contributed by atoms with Gasteiger partial charge >= 0.3 is 5.97 Å². The molecular formula is C31H23BrClN3O5. The van der Waals surface area contributed by atoms with Gasteiger partial charge in [-0.15, -0.1) is 0 Å². The molecule has 0 aliphatic heterocycles. The Balaban J connectivity index is 1.35. The second-order valence-electron chi connectivity index (χ2n) is 8.77. The van der Waals surface area contributed by atoms with Gasteiger partial charge in [-0.2, -0.15) is 5.10 Å². The van der Waals surface area contributed by atoms with Gasteiger partial charge in [0.2, 0.25) is 0 Å². The lowest BCUT2D eigenvalue weighted by molar-refractivity contribution is 0.0726. The van der Waals surface area contributed by atoms with Crippen molar-refractivity contribution in [2.24, 2.45) is 5.10 Å². The molecule has 5 aromatic rings. The van der Waals surface area contributed by atoms with Gasteiger partial charge in [0.05, 0.1) is 20.4 Å². The van der Waals surface area contributed by atoms with Crippen molar-refractivity contribution in [2.75, 3.05) is 14.2 Å². The van der Waals surface area contributed by atoms with E-state index in [1.165, 1.54) is 26.5 Å². The highest BCUT2D eigenvalue weighted by Gasteiger charge is 2.20. The molecule has 5 rings (SSSR count). The molecule has 0 unspecified atom stereocenters. The molecule has 41 heavy (non-hydrogen) atoms. The monoisotopic (exact) mass is 631 g/mol. The van der Waals surface area contributed by atoms with Gasteiger partial charge in [0.25, 0.3) is 5.91 Å². The molecule has 0 saturated carbocycles. The van der Waals surface area contributed by atoms with Crippen LogP contribution in [0, 0.1) is 0 Å². The summed E-state index contributed by atoms with van der Waals surface area (Å²) in [6, 6.07) is 25.0. The van der Waals surface area contributed by atoms with Crippen molar-refractivity contribution in [3.63, 3.8) is 0 Å². The highest BCUT2D eigenvalue weighted by molar-refractivity contribution is 9.10. The average Bonchev–Trinajstić information content (AvgIpc) is 3.37. The van der Waals surface area contributed by atoms with Crippen LogP contribution in [0.4, 0.5) is 0 Å². The zero-order valence-corrected chi connectivity index (χ0v) is 24.2. The summed E-state index contributed by atoms with van der Waals surface area (Å²) >= 11 is 9.56. The molecule has 206 valence electrons. The Hall–Kier alpha value is -4.60. The van der Waals surface area contributed by atoms with Crippen LogP contribution in [0.15, 0.2) is 94.5 Å². The van der Waals surface area contributed by atoms with Crippen molar-refractivity contribution in [3.05, 3.63) is 111 Å². The number of aromatic nitrogens is 1. The smallest absolute Gasteiger partial charge is 0.347 e. The summed E-state index contributed by atoms with van der Waals surface area (Å²) in [4.78, 5) is 29.2. The lowest BCUT2D eigenvalue weighted by atomic mass is 10.0. The average molecular weight is 633 g/mol. The van der Waals surface area contributed by atoms with Gasteiger partial charge in [0.15, 0.2) is 11.5 Å². The van der Waals surface area contributed by atoms with Crippen molar-refractivity contribution in [1.29, 1.82) is 0 Å². The number of amides is 1. The lowest BCUT2D eigenvalue weighted by Crippen LogP contribution is -2.18. The summed E-state index contributed by atoms with van der Waals surface area (Å²) in [6.07, 6.45) is 1.47. The summed E-state index contributed by atoms with van der Waals surface area (Å²) in [5.74, 6) is -0.244. The van der Waals surface area contributed by atoms with E-state index in [1.807, 2.05) is 48.5 Å². The Bertz CT molecular complexity index is 1790. The van der Waals surface area contributed by atoms with Crippen molar-refractivity contribution in [3.8, 4) is 28.4 Å². The standard InChI is InChI=1S/C31H23BrClN3O5/c1-39-25-13-10-21(33)16-23(25)31(38)41-26-12-8-18(14-27(26)40-2)17-34-36-30(37)29-28(19-6-4-3-5-7-19)22-15-20(32)9-11-24(22)35-29/h3-17,35H,1-2H3,(H,36,37). The van der Waals surface area contributed by atoms with E-state index in [2.05, 4.69) is 31.4 Å². The molecule has 0 aliphatic rings. The van der Waals surface area contributed by atoms with Gasteiger partial charge in [-0.1, -0.05) is 57.9 Å². The van der Waals surface area contributed by atoms with Crippen molar-refractivity contribution in [1.82, 2.24) is 10.4 Å². The van der Waals surface area contributed by atoms with Gasteiger partial charge in [-0.25, -0.2) is 10.2 Å². The number of nitrogens with one attached hydrogen (secondary N) is 2. The SMILES string of the molecule is COc1cc(C=NNC(=O)c2[nH]c3ccc(Br)cc3c2-c2ccccc2)ccc1OC(=O)c1cc(Cl)ccc1OC. The molecule has 0 fully saturated rings. The molecule has 0 bridgehead atoms. The number of esters is 1. The molecule has 1 aromatic heterocycles. The molecule has 1 heterocycles. The summed E-state index contributed by atoms with van der Waals surface area (Å²) < 4.78 is 17.1. The van der Waals surface area contributed by atoms with E-state index in [1.54, 1.807) is 30.3 Å². The van der Waals surface area contributed by atoms with Gasteiger partial charge in [0, 0.05) is 26.0 Å². The maximum atomic E-state index is 13.2. The lowest BCUT2D eigenvalue weighted by Gasteiger charge is -2.12. The minimum atomic E-state index is -0.657. The van der Waals surface area contributed by atoms with Crippen molar-refractivity contribution < 1.29 is 23.8 Å². The number of hydrogen-bond donors (Lipinski definition) is 2. The summed E-state index contributed by atoms with van der Waals surface area (Å²) in [6.45, 7) is 0. The molecule has 0 aliphatic carbocycles. The van der Waals surface area contributed by atoms with E-state index >= 15 is 0 Å². The molecule has 4 aromatic carbocycles. The predicted octanol–water partition coefficient (Wildman–Crippen LogP) is 7.25. The quantitative estimate of drug-likeness (QED) is 0.0812. The van der Waals surface area contributed by atoms with E-state index in [-0.39, 0.29) is 11.3 Å². The van der Waals surface area contributed by atoms with Gasteiger partial charge in [-0.05, 0) is 65.7 Å². The largest absolute Gasteiger partial charge is 0.496 e. The first-order valence-corrected chi connectivity index (χ1v) is 13.5. The number of H-pyrrole nitrogens is 1. The first-order chi connectivity index (χ1) is 19.9. The van der Waals surface area contributed by atoms with Gasteiger partial charge in [0.1, 0.15) is 17.0 Å². The van der Waals surface area contributed by atoms with Crippen LogP contribution in [0.25, 0.3) is 22.0 Å². The van der Waals surface area contributed by atoms with Crippen LogP contribution in [0.2, 0.25) is 5.02 Å². The van der Waals surface area contributed by atoms with Crippen molar-refractivity contribution in [2.45, 2.75) is 0 Å². The first kappa shape index (κ1) is 27.9. The number of carbonyl (C=O) groups excluding carboxylic acids is 2. The fourth-order valence-corrected chi connectivity index (χ4v) is 4.84. The first-order valence-electron chi connectivity index (χ1n) is 12.3.